The molecule has 1 aromatic heterocycles. The van der Waals surface area contributed by atoms with Crippen LogP contribution in [0.3, 0.4) is 0 Å². The Balaban J connectivity index is 2.36. The summed E-state index contributed by atoms with van der Waals surface area (Å²) in [5.74, 6) is -1.03. The number of aryl methyl sites for hydroxylation is 2. The van der Waals surface area contributed by atoms with Gasteiger partial charge in [-0.1, -0.05) is 23.2 Å². The van der Waals surface area contributed by atoms with E-state index in [2.05, 4.69) is 5.10 Å². The van der Waals surface area contributed by atoms with Crippen LogP contribution in [0.2, 0.25) is 10.0 Å². The van der Waals surface area contributed by atoms with E-state index in [9.17, 15) is 18.0 Å². The van der Waals surface area contributed by atoms with Gasteiger partial charge < -0.3 is 19.3 Å². The van der Waals surface area contributed by atoms with Crippen molar-refractivity contribution in [3.05, 3.63) is 38.8 Å². The Morgan fingerprint density at radius 3 is 2.37 bits per heavy atom. The van der Waals surface area contributed by atoms with E-state index in [1.165, 1.54) is 29.8 Å². The molecule has 0 radical (unpaired) electrons. The van der Waals surface area contributed by atoms with E-state index in [0.29, 0.717) is 5.69 Å². The van der Waals surface area contributed by atoms with Crippen molar-refractivity contribution >= 4 is 51.4 Å². The molecular weight excluding hydrogens is 525 g/mol. The number of carbonyl (C=O) groups excluding carboxylic acids is 1. The number of carbonyl (C=O) groups is 2. The fourth-order valence-electron chi connectivity index (χ4n) is 2.60. The number of amides is 1. The van der Waals surface area contributed by atoms with Crippen molar-refractivity contribution in [1.29, 1.82) is 0 Å². The van der Waals surface area contributed by atoms with Crippen LogP contribution in [0.1, 0.15) is 39.0 Å². The fourth-order valence-corrected chi connectivity index (χ4v) is 3.72. The van der Waals surface area contributed by atoms with Gasteiger partial charge in [0.1, 0.15) is 11.4 Å². The van der Waals surface area contributed by atoms with Crippen LogP contribution >= 0.6 is 23.2 Å². The number of nitrogens with one attached hydrogen (secondary N) is 1. The zero-order chi connectivity index (χ0) is 26.7. The van der Waals surface area contributed by atoms with Crippen LogP contribution in [-0.4, -0.2) is 47.1 Å². The maximum absolute atomic E-state index is 12.3. The predicted molar refractivity (Wildman–Crippen MR) is 130 cm³/mol. The minimum absolute atomic E-state index is 0.0149. The van der Waals surface area contributed by atoms with Crippen LogP contribution in [0, 0.1) is 6.92 Å². The lowest BCUT2D eigenvalue weighted by atomic mass is 10.2. The predicted octanol–water partition coefficient (Wildman–Crippen LogP) is 4.50. The lowest BCUT2D eigenvalue weighted by Gasteiger charge is -2.19. The molecule has 35 heavy (non-hydrogen) atoms. The number of carboxylic acids is 1. The third-order valence-corrected chi connectivity index (χ3v) is 5.63. The van der Waals surface area contributed by atoms with Crippen LogP contribution in [0.25, 0.3) is 6.08 Å². The third-order valence-electron chi connectivity index (χ3n) is 4.10. The number of aliphatic carboxylic acids is 1. The topological polar surface area (TPSA) is 146 Å². The van der Waals surface area contributed by atoms with Crippen molar-refractivity contribution in [3.63, 3.8) is 0 Å². The van der Waals surface area contributed by atoms with Gasteiger partial charge in [0.05, 0.1) is 26.7 Å². The molecule has 1 aromatic carbocycles. The van der Waals surface area contributed by atoms with Crippen LogP contribution in [0.5, 0.6) is 17.4 Å². The zero-order valence-corrected chi connectivity index (χ0v) is 22.1. The second-order valence-electron chi connectivity index (χ2n) is 8.29. The molecule has 1 heterocycles. The van der Waals surface area contributed by atoms with E-state index in [0.717, 1.165) is 5.41 Å². The minimum atomic E-state index is -4.21. The Kier molecular flexibility index (Phi) is 8.69. The van der Waals surface area contributed by atoms with Crippen LogP contribution < -0.4 is 14.2 Å². The van der Waals surface area contributed by atoms with E-state index < -0.39 is 33.8 Å². The molecule has 1 amide bonds. The van der Waals surface area contributed by atoms with Crippen molar-refractivity contribution in [2.24, 2.45) is 7.05 Å². The van der Waals surface area contributed by atoms with E-state index in [4.69, 9.17) is 42.5 Å². The number of ether oxygens (including phenoxy) is 3. The second-order valence-corrected chi connectivity index (χ2v) is 10.7. The number of hydrogen-bond acceptors (Lipinski definition) is 8. The Labute approximate surface area is 212 Å². The second kappa shape index (κ2) is 10.8. The summed E-state index contributed by atoms with van der Waals surface area (Å²) in [4.78, 5) is 22.9. The molecule has 0 unspecified atom stereocenters. The monoisotopic (exact) mass is 549 g/mol. The van der Waals surface area contributed by atoms with Gasteiger partial charge in [-0.3, -0.25) is 0 Å². The van der Waals surface area contributed by atoms with Gasteiger partial charge in [0.25, 0.3) is 10.0 Å². The molecule has 11 nitrogen and oxygen atoms in total. The number of nitrogens with zero attached hydrogens (tertiary/aromatic N) is 2. The van der Waals surface area contributed by atoms with Crippen LogP contribution in [-0.2, 0) is 26.6 Å². The zero-order valence-electron chi connectivity index (χ0n) is 19.8. The third kappa shape index (κ3) is 8.05. The largest absolute Gasteiger partial charge is 0.479 e. The highest BCUT2D eigenvalue weighted by Crippen LogP contribution is 2.39. The Morgan fingerprint density at radius 2 is 1.80 bits per heavy atom. The average Bonchev–Trinajstić information content (AvgIpc) is 2.94. The van der Waals surface area contributed by atoms with Crippen LogP contribution in [0.4, 0.5) is 4.79 Å². The fraction of sp³-hybridized carbons (Fsp3) is 0.381. The highest BCUT2D eigenvalue weighted by molar-refractivity contribution is 7.93. The van der Waals surface area contributed by atoms with E-state index >= 15 is 0 Å². The molecule has 0 aliphatic rings. The van der Waals surface area contributed by atoms with Crippen molar-refractivity contribution in [1.82, 2.24) is 14.5 Å². The molecule has 1 atom stereocenters. The molecule has 0 aliphatic carbocycles. The molecular formula is C21H25Cl2N3O8S. The first-order valence-electron chi connectivity index (χ1n) is 10.0. The first-order chi connectivity index (χ1) is 16.0. The Morgan fingerprint density at radius 1 is 1.20 bits per heavy atom. The SMILES string of the molecule is Cc1nn(C)c(Oc2cc(O[C@@H](C)C(=O)O)c(Cl)cc2Cl)c1/C=C/S(=O)(=O)NC(=O)OC(C)(C)C. The molecule has 0 spiro atoms. The van der Waals surface area contributed by atoms with Gasteiger partial charge in [-0.2, -0.15) is 5.10 Å². The maximum Gasteiger partial charge on any atom is 0.421 e. The molecule has 0 saturated heterocycles. The summed E-state index contributed by atoms with van der Waals surface area (Å²) in [6.07, 6.45) is -1.13. The van der Waals surface area contributed by atoms with E-state index in [1.54, 1.807) is 39.5 Å². The number of hydrogen-bond donors (Lipinski definition) is 2. The normalized spacial score (nSPS) is 12.9. The number of benzene rings is 1. The number of aromatic nitrogens is 2. The lowest BCUT2D eigenvalue weighted by molar-refractivity contribution is -0.144. The van der Waals surface area contributed by atoms with Gasteiger partial charge in [-0.25, -0.2) is 27.4 Å². The first kappa shape index (κ1) is 28.3. The van der Waals surface area contributed by atoms with E-state index in [-0.39, 0.29) is 33.0 Å². The molecule has 2 aromatic rings. The van der Waals surface area contributed by atoms with Gasteiger partial charge in [0.15, 0.2) is 11.9 Å². The molecule has 0 aliphatic heterocycles. The summed E-state index contributed by atoms with van der Waals surface area (Å²) in [7, 11) is -2.65. The van der Waals surface area contributed by atoms with Gasteiger partial charge in [0, 0.05) is 13.1 Å². The molecule has 2 N–H and O–H groups in total. The van der Waals surface area contributed by atoms with E-state index in [1.807, 2.05) is 0 Å². The molecule has 14 heteroatoms. The number of halogens is 2. The Hall–Kier alpha value is -2.96. The molecule has 2 rings (SSSR count). The summed E-state index contributed by atoms with van der Waals surface area (Å²) in [5, 5.41) is 14.2. The van der Waals surface area contributed by atoms with Crippen molar-refractivity contribution in [3.8, 4) is 17.4 Å². The molecule has 0 fully saturated rings. The summed E-state index contributed by atoms with van der Waals surface area (Å²) in [6, 6.07) is 2.62. The standard InChI is InChI=1S/C21H25Cl2N3O8S/c1-11-13(7-8-35(30,31)25-20(29)34-21(3,4)5)18(26(6)24-11)33-17-10-16(14(22)9-15(17)23)32-12(2)19(27)28/h7-10,12H,1-6H3,(H,25,29)(H,27,28)/b8-7+/t12-/m0/s1. The molecule has 0 bridgehead atoms. The molecule has 192 valence electrons. The van der Waals surface area contributed by atoms with Crippen LogP contribution in [0.15, 0.2) is 17.5 Å². The highest BCUT2D eigenvalue weighted by atomic mass is 35.5. The highest BCUT2D eigenvalue weighted by Gasteiger charge is 2.22. The molecule has 0 saturated carbocycles. The maximum atomic E-state index is 12.3. The first-order valence-corrected chi connectivity index (χ1v) is 12.3. The number of carboxylic acid groups (broad SMARTS) is 1. The Bertz CT molecular complexity index is 1270. The van der Waals surface area contributed by atoms with Crippen molar-refractivity contribution in [2.45, 2.75) is 46.3 Å². The lowest BCUT2D eigenvalue weighted by Crippen LogP contribution is -2.35. The van der Waals surface area contributed by atoms with Gasteiger partial charge in [-0.05, 0) is 46.8 Å². The summed E-state index contributed by atoms with van der Waals surface area (Å²) in [5.41, 5.74) is -0.200. The number of sulfonamides is 1. The number of rotatable bonds is 8. The summed E-state index contributed by atoms with van der Waals surface area (Å²) >= 11 is 12.3. The quantitative estimate of drug-likeness (QED) is 0.485. The van der Waals surface area contributed by atoms with Gasteiger partial charge >= 0.3 is 12.1 Å². The van der Waals surface area contributed by atoms with Gasteiger partial charge in [0.2, 0.25) is 5.88 Å². The van der Waals surface area contributed by atoms with Crippen molar-refractivity contribution < 1.29 is 37.3 Å². The van der Waals surface area contributed by atoms with Gasteiger partial charge in [-0.15, -0.1) is 0 Å². The van der Waals surface area contributed by atoms with Crippen molar-refractivity contribution in [2.75, 3.05) is 0 Å². The summed E-state index contributed by atoms with van der Waals surface area (Å²) < 4.78 is 43.9. The minimum Gasteiger partial charge on any atom is -0.479 e. The average molecular weight is 550 g/mol. The summed E-state index contributed by atoms with van der Waals surface area (Å²) in [6.45, 7) is 7.73. The smallest absolute Gasteiger partial charge is 0.421 e.